The number of carbonyl (C=O) groups excluding carboxylic acids is 1. The summed E-state index contributed by atoms with van der Waals surface area (Å²) < 4.78 is 65.3. The van der Waals surface area contributed by atoms with Crippen molar-refractivity contribution >= 4 is 28.2 Å². The third-order valence-corrected chi connectivity index (χ3v) is 7.27. The Bertz CT molecular complexity index is 1480. The van der Waals surface area contributed by atoms with E-state index in [0.29, 0.717) is 18.9 Å². The fourth-order valence-corrected chi connectivity index (χ4v) is 5.50. The smallest absolute Gasteiger partial charge is 0.417 e. The van der Waals surface area contributed by atoms with Gasteiger partial charge in [0.05, 0.1) is 17.0 Å². The Balaban J connectivity index is 0.00000181. The van der Waals surface area contributed by atoms with Crippen LogP contribution in [0.4, 0.5) is 29.1 Å². The number of pyridine rings is 2. The number of hydrogen-bond acceptors (Lipinski definition) is 7. The van der Waals surface area contributed by atoms with Crippen LogP contribution in [0.15, 0.2) is 12.1 Å². The lowest BCUT2D eigenvalue weighted by Gasteiger charge is -2.41. The highest BCUT2D eigenvalue weighted by Gasteiger charge is 2.41. The van der Waals surface area contributed by atoms with Crippen molar-refractivity contribution in [2.75, 3.05) is 30.8 Å². The monoisotopic (exact) mass is 562 g/mol. The molecule has 0 spiro atoms. The van der Waals surface area contributed by atoms with Gasteiger partial charge < -0.3 is 26.0 Å². The molecule has 0 radical (unpaired) electrons. The minimum absolute atomic E-state index is 0.0299. The van der Waals surface area contributed by atoms with Gasteiger partial charge in [0.15, 0.2) is 5.82 Å². The number of nitrogen functional groups attached to an aromatic ring is 1. The summed E-state index contributed by atoms with van der Waals surface area (Å²) in [6, 6.07) is 2.06. The van der Waals surface area contributed by atoms with Crippen molar-refractivity contribution in [2.45, 2.75) is 65.9 Å². The van der Waals surface area contributed by atoms with Crippen molar-refractivity contribution in [3.63, 3.8) is 0 Å². The second-order valence-electron chi connectivity index (χ2n) is 9.93. The van der Waals surface area contributed by atoms with E-state index in [1.807, 2.05) is 32.6 Å². The lowest BCUT2D eigenvalue weighted by Crippen LogP contribution is -2.60. The van der Waals surface area contributed by atoms with Gasteiger partial charge in [-0.25, -0.2) is 14.4 Å². The van der Waals surface area contributed by atoms with Crippen LogP contribution in [-0.4, -0.2) is 54.2 Å². The van der Waals surface area contributed by atoms with E-state index in [-0.39, 0.29) is 51.2 Å². The molecule has 5 rings (SSSR count). The molecule has 0 saturated carbocycles. The summed E-state index contributed by atoms with van der Waals surface area (Å²) in [6.07, 6.45) is -5.28. The first-order valence-corrected chi connectivity index (χ1v) is 13.2. The van der Waals surface area contributed by atoms with Crippen LogP contribution < -0.4 is 26.0 Å². The molecule has 2 aliphatic heterocycles. The largest absolute Gasteiger partial charge is 0.472 e. The highest BCUT2D eigenvalue weighted by molar-refractivity contribution is 6.06. The lowest BCUT2D eigenvalue weighted by atomic mass is 9.95. The Morgan fingerprint density at radius 3 is 2.48 bits per heavy atom. The zero-order valence-corrected chi connectivity index (χ0v) is 23.5. The fraction of sp³-hybridized carbons (Fsp3) is 0.464. The van der Waals surface area contributed by atoms with Crippen LogP contribution in [0.25, 0.3) is 22.0 Å². The molecule has 1 aromatic carbocycles. The first-order valence-electron chi connectivity index (χ1n) is 13.2. The van der Waals surface area contributed by atoms with E-state index in [4.69, 9.17) is 10.5 Å². The highest BCUT2D eigenvalue weighted by atomic mass is 19.4. The van der Waals surface area contributed by atoms with Gasteiger partial charge in [0.2, 0.25) is 5.88 Å². The van der Waals surface area contributed by atoms with Crippen LogP contribution in [0.3, 0.4) is 0 Å². The number of nitrogens with zero attached hydrogens (tertiary/aromatic N) is 3. The first-order chi connectivity index (χ1) is 18.8. The van der Waals surface area contributed by atoms with Gasteiger partial charge in [-0.1, -0.05) is 13.8 Å². The van der Waals surface area contributed by atoms with Crippen LogP contribution in [0, 0.1) is 19.7 Å². The summed E-state index contributed by atoms with van der Waals surface area (Å²) >= 11 is 0. The quantitative estimate of drug-likeness (QED) is 0.299. The number of nitrogens with two attached hydrogens (primary N) is 1. The maximum atomic E-state index is 16.5. The Hall–Kier alpha value is -3.67. The van der Waals surface area contributed by atoms with Crippen molar-refractivity contribution < 1.29 is 27.1 Å². The number of aromatic nitrogens is 2. The highest BCUT2D eigenvalue weighted by Crippen LogP contribution is 2.46. The molecule has 1 amide bonds. The summed E-state index contributed by atoms with van der Waals surface area (Å²) in [7, 11) is 1.43. The van der Waals surface area contributed by atoms with E-state index in [1.54, 1.807) is 0 Å². The van der Waals surface area contributed by atoms with Gasteiger partial charge >= 0.3 is 6.18 Å². The van der Waals surface area contributed by atoms with Crippen LogP contribution >= 0.6 is 0 Å². The van der Waals surface area contributed by atoms with Crippen LogP contribution in [-0.2, 0) is 6.18 Å². The van der Waals surface area contributed by atoms with Gasteiger partial charge in [-0.3, -0.25) is 4.79 Å². The fourth-order valence-electron chi connectivity index (χ4n) is 5.50. The molecule has 1 saturated heterocycles. The summed E-state index contributed by atoms with van der Waals surface area (Å²) in [5.74, 6) is -1.30. The number of halogens is 4. The molecule has 3 atom stereocenters. The van der Waals surface area contributed by atoms with E-state index >= 15 is 4.39 Å². The minimum atomic E-state index is -4.80. The Morgan fingerprint density at radius 1 is 1.18 bits per heavy atom. The number of rotatable bonds is 2. The van der Waals surface area contributed by atoms with Crippen molar-refractivity contribution in [3.8, 4) is 17.1 Å². The van der Waals surface area contributed by atoms with E-state index < -0.39 is 40.8 Å². The third kappa shape index (κ3) is 4.78. The van der Waals surface area contributed by atoms with Gasteiger partial charge in [0.25, 0.3) is 5.91 Å². The van der Waals surface area contributed by atoms with E-state index in [0.717, 1.165) is 6.07 Å². The molecular formula is C28H34F4N6O2. The van der Waals surface area contributed by atoms with E-state index in [1.165, 1.54) is 27.0 Å². The molecule has 3 aromatic rings. The van der Waals surface area contributed by atoms with E-state index in [9.17, 15) is 18.0 Å². The van der Waals surface area contributed by atoms with Crippen LogP contribution in [0.2, 0.25) is 0 Å². The van der Waals surface area contributed by atoms with Gasteiger partial charge in [-0.2, -0.15) is 13.2 Å². The number of piperazine rings is 1. The molecule has 2 aliphatic rings. The number of anilines is 2. The summed E-state index contributed by atoms with van der Waals surface area (Å²) in [6.45, 7) is 11.6. The summed E-state index contributed by atoms with van der Waals surface area (Å²) in [5, 5.41) is 6.05. The Kier molecular flexibility index (Phi) is 7.85. The number of benzene rings is 1. The molecule has 12 heteroatoms. The average molecular weight is 563 g/mol. The van der Waals surface area contributed by atoms with Gasteiger partial charge in [-0.15, -0.1) is 0 Å². The molecule has 0 bridgehead atoms. The maximum Gasteiger partial charge on any atom is 0.417 e. The molecule has 0 aliphatic carbocycles. The van der Waals surface area contributed by atoms with Gasteiger partial charge in [-0.05, 0) is 51.0 Å². The SMILES string of the molecule is CC.CNC(=O)c1nc2c3c(nc(-c4cc(N)cc(C)c4C(F)(F)F)c(F)c3c1C)OC(C)C1CNC(C)CN21. The Morgan fingerprint density at radius 2 is 1.85 bits per heavy atom. The van der Waals surface area contributed by atoms with Crippen molar-refractivity contribution in [3.05, 3.63) is 40.3 Å². The molecule has 40 heavy (non-hydrogen) atoms. The van der Waals surface area contributed by atoms with Gasteiger partial charge in [0.1, 0.15) is 23.3 Å². The molecular weight excluding hydrogens is 528 g/mol. The predicted octanol–water partition coefficient (Wildman–Crippen LogP) is 4.99. The number of hydrogen-bond donors (Lipinski definition) is 3. The molecule has 2 aromatic heterocycles. The molecule has 216 valence electrons. The van der Waals surface area contributed by atoms with Crippen molar-refractivity contribution in [1.82, 2.24) is 20.6 Å². The Labute approximate surface area is 230 Å². The van der Waals surface area contributed by atoms with Crippen molar-refractivity contribution in [2.24, 2.45) is 0 Å². The van der Waals surface area contributed by atoms with Crippen LogP contribution in [0.1, 0.15) is 54.9 Å². The number of amides is 1. The first kappa shape index (κ1) is 29.3. The topological polar surface area (TPSA) is 105 Å². The standard InChI is InChI=1S/C26H28F4N6O2.C2H6/c1-10-6-14(31)7-15(19(10)26(28,29)30)22-20(27)17-12(3)21(24(37)32-5)34-23-18(17)25(35-22)38-13(4)16-8-33-11(2)9-36(16)23;1-2/h6-7,11,13,16,33H,8-9,31H2,1-5H3,(H,32,37);1-2H3. The number of alkyl halides is 3. The zero-order chi connectivity index (χ0) is 29.7. The number of fused-ring (bicyclic) bond motifs is 2. The average Bonchev–Trinajstić information content (AvgIpc) is 2.99. The molecule has 4 N–H and O–H groups in total. The second-order valence-corrected chi connectivity index (χ2v) is 9.93. The van der Waals surface area contributed by atoms with Crippen LogP contribution in [0.5, 0.6) is 5.88 Å². The minimum Gasteiger partial charge on any atom is -0.472 e. The number of aryl methyl sites for hydroxylation is 2. The van der Waals surface area contributed by atoms with E-state index in [2.05, 4.69) is 20.6 Å². The molecule has 1 fully saturated rings. The number of ether oxygens (including phenoxy) is 1. The maximum absolute atomic E-state index is 16.5. The molecule has 4 heterocycles. The third-order valence-electron chi connectivity index (χ3n) is 7.27. The summed E-state index contributed by atoms with van der Waals surface area (Å²) in [4.78, 5) is 23.8. The van der Waals surface area contributed by atoms with Gasteiger partial charge in [0, 0.05) is 42.8 Å². The molecule has 8 nitrogen and oxygen atoms in total. The number of nitrogens with one attached hydrogen (secondary N) is 2. The number of carbonyl (C=O) groups is 1. The normalized spacial score (nSPS) is 20.2. The molecule has 3 unspecified atom stereocenters. The zero-order valence-electron chi connectivity index (χ0n) is 23.5. The van der Waals surface area contributed by atoms with Crippen molar-refractivity contribution in [1.29, 1.82) is 0 Å². The predicted molar refractivity (Wildman–Crippen MR) is 147 cm³/mol. The lowest BCUT2D eigenvalue weighted by molar-refractivity contribution is -0.137. The second kappa shape index (κ2) is 10.7. The summed E-state index contributed by atoms with van der Waals surface area (Å²) in [5.41, 5.74) is 3.80.